The molecule has 0 radical (unpaired) electrons. The molecule has 2 unspecified atom stereocenters. The van der Waals surface area contributed by atoms with Gasteiger partial charge < -0.3 is 15.2 Å². The van der Waals surface area contributed by atoms with Crippen LogP contribution in [-0.2, 0) is 14.3 Å². The number of rotatable bonds is 5. The van der Waals surface area contributed by atoms with Gasteiger partial charge in [0.05, 0.1) is 19.8 Å². The second-order valence-corrected chi connectivity index (χ2v) is 4.17. The summed E-state index contributed by atoms with van der Waals surface area (Å²) in [4.78, 5) is 11.2. The fourth-order valence-electron chi connectivity index (χ4n) is 0.789. The van der Waals surface area contributed by atoms with Gasteiger partial charge in [0.25, 0.3) is 0 Å². The molecule has 0 saturated carbocycles. The Morgan fingerprint density at radius 3 is 2.29 bits per heavy atom. The van der Waals surface area contributed by atoms with Crippen LogP contribution < -0.4 is 5.73 Å². The highest BCUT2D eigenvalue weighted by atomic mass is 16.5. The number of nitrogens with two attached hydrogens (primary N) is 1. The van der Waals surface area contributed by atoms with Gasteiger partial charge >= 0.3 is 5.97 Å². The van der Waals surface area contributed by atoms with Gasteiger partial charge in [-0.05, 0) is 19.8 Å². The third-order valence-electron chi connectivity index (χ3n) is 2.24. The first-order valence-electron chi connectivity index (χ1n) is 4.80. The van der Waals surface area contributed by atoms with Crippen LogP contribution in [0.1, 0.15) is 27.7 Å². The Bertz CT molecular complexity index is 190. The molecule has 0 aromatic heterocycles. The van der Waals surface area contributed by atoms with Crippen LogP contribution in [0, 0.1) is 5.92 Å². The quantitative estimate of drug-likeness (QED) is 0.675. The molecule has 2 N–H and O–H groups in total. The van der Waals surface area contributed by atoms with Gasteiger partial charge in [-0.3, -0.25) is 0 Å². The Labute approximate surface area is 85.8 Å². The van der Waals surface area contributed by atoms with Gasteiger partial charge in [0, 0.05) is 0 Å². The summed E-state index contributed by atoms with van der Waals surface area (Å²) in [6.07, 6.45) is 0.0857. The van der Waals surface area contributed by atoms with Gasteiger partial charge in [-0.15, -0.1) is 0 Å². The molecule has 0 aromatic carbocycles. The van der Waals surface area contributed by atoms with Crippen molar-refractivity contribution in [2.75, 3.05) is 13.7 Å². The largest absolute Gasteiger partial charge is 0.468 e. The van der Waals surface area contributed by atoms with E-state index in [-0.39, 0.29) is 12.7 Å². The van der Waals surface area contributed by atoms with E-state index in [0.717, 1.165) is 0 Å². The van der Waals surface area contributed by atoms with Crippen molar-refractivity contribution in [2.24, 2.45) is 11.7 Å². The predicted octanol–water partition coefficient (Wildman–Crippen LogP) is 0.938. The first-order chi connectivity index (χ1) is 6.31. The van der Waals surface area contributed by atoms with Crippen LogP contribution in [0.5, 0.6) is 0 Å². The molecule has 0 aliphatic carbocycles. The van der Waals surface area contributed by atoms with E-state index >= 15 is 0 Å². The normalized spacial score (nSPS) is 17.6. The lowest BCUT2D eigenvalue weighted by Gasteiger charge is -2.25. The highest BCUT2D eigenvalue weighted by Crippen LogP contribution is 2.09. The number of methoxy groups -OCH3 is 1. The van der Waals surface area contributed by atoms with Crippen LogP contribution in [0.25, 0.3) is 0 Å². The minimum absolute atomic E-state index is 0.0857. The first kappa shape index (κ1) is 13.4. The number of ether oxygens (including phenoxy) is 2. The lowest BCUT2D eigenvalue weighted by Crippen LogP contribution is -2.50. The van der Waals surface area contributed by atoms with Crippen LogP contribution in [0.15, 0.2) is 0 Å². The van der Waals surface area contributed by atoms with Crippen molar-refractivity contribution in [3.8, 4) is 0 Å². The summed E-state index contributed by atoms with van der Waals surface area (Å²) in [5.74, 6) is -0.0445. The fraction of sp³-hybridized carbons (Fsp3) is 0.900. The third-order valence-corrected chi connectivity index (χ3v) is 2.24. The second kappa shape index (κ2) is 5.32. The average Bonchev–Trinajstić information content (AvgIpc) is 2.12. The maximum atomic E-state index is 11.2. The van der Waals surface area contributed by atoms with Gasteiger partial charge in [-0.25, -0.2) is 4.79 Å². The molecule has 0 spiro atoms. The molecule has 2 atom stereocenters. The minimum Gasteiger partial charge on any atom is -0.468 e. The van der Waals surface area contributed by atoms with Crippen molar-refractivity contribution in [1.29, 1.82) is 0 Å². The number of carbonyl (C=O) groups excluding carboxylic acids is 1. The molecule has 0 amide bonds. The summed E-state index contributed by atoms with van der Waals surface area (Å²) < 4.78 is 10.0. The van der Waals surface area contributed by atoms with E-state index in [1.807, 2.05) is 6.92 Å². The molecule has 0 bridgehead atoms. The summed E-state index contributed by atoms with van der Waals surface area (Å²) in [5, 5.41) is 0. The van der Waals surface area contributed by atoms with E-state index < -0.39 is 11.5 Å². The van der Waals surface area contributed by atoms with Crippen LogP contribution in [0.4, 0.5) is 0 Å². The van der Waals surface area contributed by atoms with Crippen molar-refractivity contribution >= 4 is 5.97 Å². The summed E-state index contributed by atoms with van der Waals surface area (Å²) >= 11 is 0. The Morgan fingerprint density at radius 2 is 1.93 bits per heavy atom. The van der Waals surface area contributed by atoms with Crippen molar-refractivity contribution in [3.63, 3.8) is 0 Å². The van der Waals surface area contributed by atoms with Crippen LogP contribution >= 0.6 is 0 Å². The topological polar surface area (TPSA) is 61.5 Å². The highest BCUT2D eigenvalue weighted by molar-refractivity contribution is 5.80. The number of esters is 1. The zero-order valence-electron chi connectivity index (χ0n) is 9.66. The van der Waals surface area contributed by atoms with Crippen LogP contribution in [0.3, 0.4) is 0 Å². The van der Waals surface area contributed by atoms with Gasteiger partial charge in [0.1, 0.15) is 5.54 Å². The third kappa shape index (κ3) is 4.07. The molecule has 84 valence electrons. The molecule has 0 saturated heterocycles. The van der Waals surface area contributed by atoms with E-state index in [0.29, 0.717) is 5.92 Å². The molecule has 0 fully saturated rings. The molecule has 0 aliphatic heterocycles. The lowest BCUT2D eigenvalue weighted by molar-refractivity contribution is -0.149. The molecule has 0 aromatic rings. The minimum atomic E-state index is -1.06. The Hall–Kier alpha value is -0.610. The zero-order valence-corrected chi connectivity index (χ0v) is 9.66. The summed E-state index contributed by atoms with van der Waals surface area (Å²) in [6, 6.07) is 0. The highest BCUT2D eigenvalue weighted by Gasteiger charge is 2.30. The SMILES string of the molecule is COC(=O)C(C)(N)COC(C)C(C)C. The Kier molecular flexibility index (Phi) is 5.08. The number of hydrogen-bond acceptors (Lipinski definition) is 4. The van der Waals surface area contributed by atoms with Crippen LogP contribution in [0.2, 0.25) is 0 Å². The second-order valence-electron chi connectivity index (χ2n) is 4.17. The maximum absolute atomic E-state index is 11.2. The molecule has 4 heteroatoms. The van der Waals surface area contributed by atoms with Crippen molar-refractivity contribution in [3.05, 3.63) is 0 Å². The monoisotopic (exact) mass is 203 g/mol. The van der Waals surface area contributed by atoms with Crippen molar-refractivity contribution in [2.45, 2.75) is 39.3 Å². The van der Waals surface area contributed by atoms with Crippen molar-refractivity contribution in [1.82, 2.24) is 0 Å². The Morgan fingerprint density at radius 1 is 1.43 bits per heavy atom. The smallest absolute Gasteiger partial charge is 0.327 e. The van der Waals surface area contributed by atoms with E-state index in [9.17, 15) is 4.79 Å². The van der Waals surface area contributed by atoms with Gasteiger partial charge in [0.15, 0.2) is 0 Å². The van der Waals surface area contributed by atoms with E-state index in [1.54, 1.807) is 6.92 Å². The fourth-order valence-corrected chi connectivity index (χ4v) is 0.789. The van der Waals surface area contributed by atoms with Gasteiger partial charge in [-0.2, -0.15) is 0 Å². The maximum Gasteiger partial charge on any atom is 0.327 e. The molecule has 14 heavy (non-hydrogen) atoms. The summed E-state index contributed by atoms with van der Waals surface area (Å²) in [6.45, 7) is 7.84. The van der Waals surface area contributed by atoms with E-state index in [4.69, 9.17) is 10.5 Å². The Balaban J connectivity index is 4.05. The van der Waals surface area contributed by atoms with Gasteiger partial charge in [0.2, 0.25) is 0 Å². The molecular formula is C10H21NO3. The molecule has 0 aliphatic rings. The van der Waals surface area contributed by atoms with Crippen LogP contribution in [-0.4, -0.2) is 31.3 Å². The summed E-state index contributed by atoms with van der Waals surface area (Å²) in [7, 11) is 1.32. The predicted molar refractivity (Wildman–Crippen MR) is 54.9 cm³/mol. The standard InChI is InChI=1S/C10H21NO3/c1-7(2)8(3)14-6-10(4,11)9(12)13-5/h7-8H,6,11H2,1-5H3. The average molecular weight is 203 g/mol. The van der Waals surface area contributed by atoms with Crippen molar-refractivity contribution < 1.29 is 14.3 Å². The molecule has 0 heterocycles. The molecular weight excluding hydrogens is 182 g/mol. The first-order valence-corrected chi connectivity index (χ1v) is 4.80. The lowest BCUT2D eigenvalue weighted by atomic mass is 10.1. The van der Waals surface area contributed by atoms with E-state index in [1.165, 1.54) is 7.11 Å². The number of carbonyl (C=O) groups is 1. The summed E-state index contributed by atoms with van der Waals surface area (Å²) in [5.41, 5.74) is 4.66. The van der Waals surface area contributed by atoms with E-state index in [2.05, 4.69) is 18.6 Å². The van der Waals surface area contributed by atoms with Gasteiger partial charge in [-0.1, -0.05) is 13.8 Å². The zero-order chi connectivity index (χ0) is 11.4. The molecule has 0 rings (SSSR count). The number of hydrogen-bond donors (Lipinski definition) is 1. The molecule has 4 nitrogen and oxygen atoms in total.